The Morgan fingerprint density at radius 1 is 1.16 bits per heavy atom. The summed E-state index contributed by atoms with van der Waals surface area (Å²) in [6, 6.07) is 0. The van der Waals surface area contributed by atoms with E-state index in [0.29, 0.717) is 6.61 Å². The predicted octanol–water partition coefficient (Wildman–Crippen LogP) is 1.97. The van der Waals surface area contributed by atoms with E-state index in [9.17, 15) is 9.59 Å². The first-order valence-corrected chi connectivity index (χ1v) is 6.15. The Kier molecular flexibility index (Phi) is 11.2. The Morgan fingerprint density at radius 3 is 1.95 bits per heavy atom. The molecule has 0 spiro atoms. The molecule has 0 radical (unpaired) electrons. The van der Waals surface area contributed by atoms with Gasteiger partial charge in [0.2, 0.25) is 0 Å². The van der Waals surface area contributed by atoms with Crippen LogP contribution in [0, 0.1) is 5.92 Å². The van der Waals surface area contributed by atoms with E-state index in [1.807, 2.05) is 34.6 Å². The molecule has 19 heavy (non-hydrogen) atoms. The van der Waals surface area contributed by atoms with Gasteiger partial charge in [-0.1, -0.05) is 13.8 Å². The van der Waals surface area contributed by atoms with Crippen molar-refractivity contribution in [3.63, 3.8) is 0 Å². The Labute approximate surface area is 115 Å². The van der Waals surface area contributed by atoms with E-state index >= 15 is 0 Å². The molecule has 0 saturated carbocycles. The fourth-order valence-electron chi connectivity index (χ4n) is 0.510. The number of ether oxygens (including phenoxy) is 3. The van der Waals surface area contributed by atoms with Crippen LogP contribution in [0.1, 0.15) is 34.6 Å². The standard InChI is InChI=1S/C8H15NO4.C5H12O/c1-6(2)5-13-8(11)9-4-7(10)12-3;1-5(2,3)6-4/h6H,4-5H2,1-3H3,(H,9,11);1-4H3. The van der Waals surface area contributed by atoms with Crippen LogP contribution < -0.4 is 5.32 Å². The highest BCUT2D eigenvalue weighted by Crippen LogP contribution is 2.02. The zero-order chi connectivity index (χ0) is 15.5. The summed E-state index contributed by atoms with van der Waals surface area (Å²) >= 11 is 0. The van der Waals surface area contributed by atoms with E-state index in [1.165, 1.54) is 7.11 Å². The first-order chi connectivity index (χ1) is 8.62. The highest BCUT2D eigenvalue weighted by molar-refractivity contribution is 5.77. The Balaban J connectivity index is 0. The van der Waals surface area contributed by atoms with E-state index < -0.39 is 12.1 Å². The van der Waals surface area contributed by atoms with E-state index in [4.69, 9.17) is 9.47 Å². The summed E-state index contributed by atoms with van der Waals surface area (Å²) in [5.41, 5.74) is 0.0417. The molecule has 0 rings (SSSR count). The van der Waals surface area contributed by atoms with Gasteiger partial charge in [0, 0.05) is 7.11 Å². The number of rotatable bonds is 4. The van der Waals surface area contributed by atoms with Gasteiger partial charge in [-0.25, -0.2) is 4.79 Å². The summed E-state index contributed by atoms with van der Waals surface area (Å²) in [5, 5.41) is 2.25. The van der Waals surface area contributed by atoms with Gasteiger partial charge in [0.05, 0.1) is 19.3 Å². The zero-order valence-electron chi connectivity index (χ0n) is 13.0. The minimum atomic E-state index is -0.598. The summed E-state index contributed by atoms with van der Waals surface area (Å²) in [4.78, 5) is 21.4. The normalized spacial score (nSPS) is 10.3. The van der Waals surface area contributed by atoms with Crippen LogP contribution in [-0.4, -0.2) is 45.0 Å². The van der Waals surface area contributed by atoms with E-state index in [1.54, 1.807) is 7.11 Å². The van der Waals surface area contributed by atoms with Gasteiger partial charge >= 0.3 is 12.1 Å². The number of nitrogens with one attached hydrogen (secondary N) is 1. The smallest absolute Gasteiger partial charge is 0.407 e. The van der Waals surface area contributed by atoms with E-state index in [2.05, 4.69) is 10.1 Å². The lowest BCUT2D eigenvalue weighted by Gasteiger charge is -2.14. The maximum absolute atomic E-state index is 10.8. The zero-order valence-corrected chi connectivity index (χ0v) is 13.0. The molecule has 0 fully saturated rings. The third-order valence-corrected chi connectivity index (χ3v) is 1.76. The molecule has 0 saturated heterocycles. The number of hydrogen-bond donors (Lipinski definition) is 1. The molecule has 1 amide bonds. The first kappa shape index (κ1) is 20.0. The average Bonchev–Trinajstić information content (AvgIpc) is 2.33. The van der Waals surface area contributed by atoms with Crippen LogP contribution in [0.25, 0.3) is 0 Å². The molecule has 0 unspecified atom stereocenters. The molecule has 0 aromatic heterocycles. The predicted molar refractivity (Wildman–Crippen MR) is 73.0 cm³/mol. The van der Waals surface area contributed by atoms with Crippen molar-refractivity contribution in [3.8, 4) is 0 Å². The number of carbonyl (C=O) groups is 2. The molecular formula is C13H27NO5. The molecule has 114 valence electrons. The number of hydrogen-bond acceptors (Lipinski definition) is 5. The van der Waals surface area contributed by atoms with Gasteiger partial charge in [0.1, 0.15) is 6.54 Å². The molecule has 6 nitrogen and oxygen atoms in total. The number of carbonyl (C=O) groups excluding carboxylic acids is 2. The fourth-order valence-corrected chi connectivity index (χ4v) is 0.510. The van der Waals surface area contributed by atoms with Crippen molar-refractivity contribution in [3.05, 3.63) is 0 Å². The van der Waals surface area contributed by atoms with Gasteiger partial charge in [0.15, 0.2) is 0 Å². The van der Waals surface area contributed by atoms with Gasteiger partial charge in [-0.15, -0.1) is 0 Å². The van der Waals surface area contributed by atoms with Crippen molar-refractivity contribution < 1.29 is 23.8 Å². The molecule has 1 N–H and O–H groups in total. The van der Waals surface area contributed by atoms with Crippen LogP contribution in [0.5, 0.6) is 0 Å². The van der Waals surface area contributed by atoms with Gasteiger partial charge in [-0.2, -0.15) is 0 Å². The molecule has 0 aliphatic heterocycles. The maximum Gasteiger partial charge on any atom is 0.407 e. The lowest BCUT2D eigenvalue weighted by molar-refractivity contribution is -0.139. The summed E-state index contributed by atoms with van der Waals surface area (Å²) in [6.07, 6.45) is -0.598. The van der Waals surface area contributed by atoms with Gasteiger partial charge < -0.3 is 19.5 Å². The lowest BCUT2D eigenvalue weighted by atomic mass is 10.2. The summed E-state index contributed by atoms with van der Waals surface area (Å²) in [5.74, 6) is -0.217. The second kappa shape index (κ2) is 10.6. The average molecular weight is 277 g/mol. The molecule has 0 bridgehead atoms. The second-order valence-corrected chi connectivity index (χ2v) is 5.24. The van der Waals surface area contributed by atoms with Crippen LogP contribution in [0.4, 0.5) is 4.79 Å². The van der Waals surface area contributed by atoms with Crippen molar-refractivity contribution in [2.24, 2.45) is 5.92 Å². The van der Waals surface area contributed by atoms with E-state index in [-0.39, 0.29) is 18.1 Å². The number of esters is 1. The highest BCUT2D eigenvalue weighted by Gasteiger charge is 2.06. The third-order valence-electron chi connectivity index (χ3n) is 1.76. The third kappa shape index (κ3) is 19.2. The quantitative estimate of drug-likeness (QED) is 0.795. The van der Waals surface area contributed by atoms with Crippen LogP contribution in [0.3, 0.4) is 0 Å². The van der Waals surface area contributed by atoms with Crippen molar-refractivity contribution in [2.75, 3.05) is 27.4 Å². The molecule has 0 aromatic rings. The van der Waals surface area contributed by atoms with Crippen LogP contribution in [0.2, 0.25) is 0 Å². The summed E-state index contributed by atoms with van der Waals surface area (Å²) < 4.78 is 14.0. The molecule has 6 heteroatoms. The monoisotopic (exact) mass is 277 g/mol. The largest absolute Gasteiger partial charge is 0.468 e. The van der Waals surface area contributed by atoms with E-state index in [0.717, 1.165) is 0 Å². The van der Waals surface area contributed by atoms with Crippen LogP contribution in [-0.2, 0) is 19.0 Å². The van der Waals surface area contributed by atoms with Gasteiger partial charge in [0.25, 0.3) is 0 Å². The maximum atomic E-state index is 10.8. The Bertz CT molecular complexity index is 258. The van der Waals surface area contributed by atoms with Gasteiger partial charge in [-0.05, 0) is 26.7 Å². The second-order valence-electron chi connectivity index (χ2n) is 5.24. The van der Waals surface area contributed by atoms with Crippen molar-refractivity contribution >= 4 is 12.1 Å². The van der Waals surface area contributed by atoms with Crippen molar-refractivity contribution in [2.45, 2.75) is 40.2 Å². The highest BCUT2D eigenvalue weighted by atomic mass is 16.6. The molecule has 0 aromatic carbocycles. The Hall–Kier alpha value is -1.30. The Morgan fingerprint density at radius 2 is 1.63 bits per heavy atom. The fraction of sp³-hybridized carbons (Fsp3) is 0.846. The molecule has 0 atom stereocenters. The van der Waals surface area contributed by atoms with Gasteiger partial charge in [-0.3, -0.25) is 4.79 Å². The van der Waals surface area contributed by atoms with Crippen molar-refractivity contribution in [1.82, 2.24) is 5.32 Å². The van der Waals surface area contributed by atoms with Crippen LogP contribution in [0.15, 0.2) is 0 Å². The number of methoxy groups -OCH3 is 2. The van der Waals surface area contributed by atoms with Crippen LogP contribution >= 0.6 is 0 Å². The first-order valence-electron chi connectivity index (χ1n) is 6.15. The molecule has 0 aliphatic rings. The lowest BCUT2D eigenvalue weighted by Crippen LogP contribution is -2.31. The molecule has 0 aliphatic carbocycles. The molecular weight excluding hydrogens is 250 g/mol. The minimum absolute atomic E-state index is 0.0417. The van der Waals surface area contributed by atoms with Crippen molar-refractivity contribution in [1.29, 1.82) is 0 Å². The number of alkyl carbamates (subject to hydrolysis) is 1. The molecule has 0 heterocycles. The SMILES string of the molecule is COC(=O)CNC(=O)OCC(C)C.COC(C)(C)C. The summed E-state index contributed by atoms with van der Waals surface area (Å²) in [7, 11) is 2.96. The topological polar surface area (TPSA) is 73.9 Å². The summed E-state index contributed by atoms with van der Waals surface area (Å²) in [6.45, 7) is 10.1. The number of amides is 1. The minimum Gasteiger partial charge on any atom is -0.468 e.